The Kier molecular flexibility index (Phi) is 7.08. The van der Waals surface area contributed by atoms with Crippen molar-refractivity contribution >= 4 is 51.8 Å². The van der Waals surface area contributed by atoms with Gasteiger partial charge in [-0.15, -0.1) is 0 Å². The molecule has 0 bridgehead atoms. The Hall–Kier alpha value is -4.82. The minimum atomic E-state index is -0.759. The van der Waals surface area contributed by atoms with Gasteiger partial charge in [0.25, 0.3) is 0 Å². The van der Waals surface area contributed by atoms with Gasteiger partial charge in [-0.3, -0.25) is 19.3 Å². The predicted octanol–water partition coefficient (Wildman–Crippen LogP) is 6.00. The van der Waals surface area contributed by atoms with E-state index < -0.39 is 18.4 Å². The van der Waals surface area contributed by atoms with Crippen LogP contribution >= 0.6 is 11.6 Å². The number of imide groups is 1. The van der Waals surface area contributed by atoms with Crippen LogP contribution in [0.15, 0.2) is 84.9 Å². The van der Waals surface area contributed by atoms with Crippen LogP contribution in [0.3, 0.4) is 0 Å². The first-order valence-electron chi connectivity index (χ1n) is 13.5. The van der Waals surface area contributed by atoms with Crippen LogP contribution in [0, 0.1) is 17.8 Å². The number of phenolic OH excluding ortho intramolecular Hbond substituents is 1. The summed E-state index contributed by atoms with van der Waals surface area (Å²) in [6.45, 7) is 1.38. The molecule has 210 valence electrons. The third kappa shape index (κ3) is 4.73. The van der Waals surface area contributed by atoms with Crippen LogP contribution in [0.5, 0.6) is 5.75 Å². The highest BCUT2D eigenvalue weighted by Crippen LogP contribution is 2.41. The van der Waals surface area contributed by atoms with E-state index in [-0.39, 0.29) is 46.4 Å². The number of amides is 2. The summed E-state index contributed by atoms with van der Waals surface area (Å²) < 4.78 is 5.35. The van der Waals surface area contributed by atoms with Gasteiger partial charge >= 0.3 is 5.97 Å². The molecule has 3 unspecified atom stereocenters. The first-order valence-corrected chi connectivity index (χ1v) is 13.8. The molecule has 0 spiro atoms. The van der Waals surface area contributed by atoms with Crippen LogP contribution in [-0.2, 0) is 14.3 Å². The number of Topliss-reactive ketones (excluding diaryl/α,β-unsaturated/α-hetero) is 1. The summed E-state index contributed by atoms with van der Waals surface area (Å²) in [6, 6.07) is 19.4. The molecule has 8 nitrogen and oxygen atoms in total. The van der Waals surface area contributed by atoms with Gasteiger partial charge in [-0.2, -0.15) is 0 Å². The van der Waals surface area contributed by atoms with Crippen molar-refractivity contribution in [3.63, 3.8) is 0 Å². The Bertz CT molecular complexity index is 1800. The molecule has 1 fully saturated rings. The number of para-hydroxylation sites is 2. The van der Waals surface area contributed by atoms with Gasteiger partial charge < -0.3 is 9.84 Å². The summed E-state index contributed by atoms with van der Waals surface area (Å²) in [7, 11) is 0. The highest BCUT2D eigenvalue weighted by molar-refractivity contribution is 6.35. The topological polar surface area (TPSA) is 114 Å². The molecule has 4 aromatic rings. The lowest BCUT2D eigenvalue weighted by molar-refractivity contribution is -0.122. The van der Waals surface area contributed by atoms with Crippen molar-refractivity contribution in [2.75, 3.05) is 11.5 Å². The molecular weight excluding hydrogens is 556 g/mol. The number of esters is 1. The minimum absolute atomic E-state index is 0.0112. The van der Waals surface area contributed by atoms with Crippen LogP contribution < -0.4 is 4.90 Å². The summed E-state index contributed by atoms with van der Waals surface area (Å²) >= 11 is 6.45. The molecule has 6 rings (SSSR count). The van der Waals surface area contributed by atoms with Gasteiger partial charge in [-0.1, -0.05) is 67.1 Å². The van der Waals surface area contributed by atoms with E-state index in [4.69, 9.17) is 16.3 Å². The number of aromatic hydroxyl groups is 1. The standard InChI is InChI=1S/C33H25ClN2O6/c1-18-6-4-9-23-29(18)32(40)36(31(23)39)20-14-12-19(13-15-20)26-16-24(21-8-5-10-25(34)30(21)35-26)33(41)42-17-28(38)22-7-2-3-11-27(22)37/h2-8,10-16,18,23,29,37H,9,17H2,1H3. The van der Waals surface area contributed by atoms with Gasteiger partial charge in [0.15, 0.2) is 6.61 Å². The zero-order valence-corrected chi connectivity index (χ0v) is 23.2. The van der Waals surface area contributed by atoms with Gasteiger partial charge in [0.05, 0.1) is 44.9 Å². The number of aromatic nitrogens is 1. The van der Waals surface area contributed by atoms with Gasteiger partial charge in [0, 0.05) is 10.9 Å². The van der Waals surface area contributed by atoms with Crippen LogP contribution in [0.2, 0.25) is 5.02 Å². The lowest BCUT2D eigenvalue weighted by atomic mass is 9.78. The molecule has 3 aromatic carbocycles. The number of pyridine rings is 1. The molecular formula is C33H25ClN2O6. The fourth-order valence-electron chi connectivity index (χ4n) is 5.71. The number of carbonyl (C=O) groups excluding carboxylic acids is 4. The fraction of sp³-hybridized carbons (Fsp3) is 0.182. The van der Waals surface area contributed by atoms with E-state index in [0.717, 1.165) is 0 Å². The predicted molar refractivity (Wildman–Crippen MR) is 157 cm³/mol. The Morgan fingerprint density at radius 2 is 1.76 bits per heavy atom. The number of ether oxygens (including phenoxy) is 1. The maximum Gasteiger partial charge on any atom is 0.339 e. The Labute approximate surface area is 246 Å². The normalized spacial score (nSPS) is 19.7. The molecule has 0 saturated carbocycles. The van der Waals surface area contributed by atoms with E-state index >= 15 is 0 Å². The second kappa shape index (κ2) is 10.9. The summed E-state index contributed by atoms with van der Waals surface area (Å²) in [5.74, 6) is -2.64. The zero-order valence-electron chi connectivity index (χ0n) is 22.5. The number of ketones is 1. The third-order valence-corrected chi connectivity index (χ3v) is 8.15. The number of halogens is 1. The molecule has 42 heavy (non-hydrogen) atoms. The largest absolute Gasteiger partial charge is 0.507 e. The molecule has 2 aliphatic rings. The van der Waals surface area contributed by atoms with E-state index in [9.17, 15) is 24.3 Å². The SMILES string of the molecule is CC1C=CCC2C(=O)N(c3ccc(-c4cc(C(=O)OCC(=O)c5ccccc5O)c5cccc(Cl)c5n4)cc3)C(=O)C12. The molecule has 2 amide bonds. The van der Waals surface area contributed by atoms with Gasteiger partial charge in [-0.05, 0) is 48.7 Å². The molecule has 9 heteroatoms. The smallest absolute Gasteiger partial charge is 0.339 e. The van der Waals surface area contributed by atoms with Crippen molar-refractivity contribution in [1.29, 1.82) is 0 Å². The number of allylic oxidation sites excluding steroid dienone is 2. The maximum atomic E-state index is 13.2. The molecule has 1 aliphatic carbocycles. The number of nitrogens with zero attached hydrogens (tertiary/aromatic N) is 2. The van der Waals surface area contributed by atoms with Crippen molar-refractivity contribution in [1.82, 2.24) is 4.98 Å². The lowest BCUT2D eigenvalue weighted by Gasteiger charge is -2.22. The average molecular weight is 581 g/mol. The second-order valence-corrected chi connectivity index (χ2v) is 10.8. The van der Waals surface area contributed by atoms with Crippen molar-refractivity contribution < 1.29 is 29.0 Å². The summed E-state index contributed by atoms with van der Waals surface area (Å²) in [6.07, 6.45) is 4.50. The van der Waals surface area contributed by atoms with Crippen molar-refractivity contribution in [3.05, 3.63) is 101 Å². The van der Waals surface area contributed by atoms with Crippen LogP contribution in [-0.4, -0.2) is 40.3 Å². The molecule has 1 N–H and O–H groups in total. The molecule has 1 aliphatic heterocycles. The number of hydrogen-bond acceptors (Lipinski definition) is 7. The summed E-state index contributed by atoms with van der Waals surface area (Å²) in [4.78, 5) is 58.1. The minimum Gasteiger partial charge on any atom is -0.507 e. The number of benzene rings is 3. The number of fused-ring (bicyclic) bond motifs is 2. The van der Waals surface area contributed by atoms with Gasteiger partial charge in [0.1, 0.15) is 5.75 Å². The Morgan fingerprint density at radius 1 is 1.00 bits per heavy atom. The molecule has 1 saturated heterocycles. The van der Waals surface area contributed by atoms with E-state index in [1.807, 2.05) is 19.1 Å². The summed E-state index contributed by atoms with van der Waals surface area (Å²) in [5, 5.41) is 10.7. The van der Waals surface area contributed by atoms with Gasteiger partial charge in [-0.25, -0.2) is 9.78 Å². The van der Waals surface area contributed by atoms with Gasteiger partial charge in [0.2, 0.25) is 17.6 Å². The average Bonchev–Trinajstić information content (AvgIpc) is 3.26. The lowest BCUT2D eigenvalue weighted by Crippen LogP contribution is -2.31. The molecule has 3 atom stereocenters. The highest BCUT2D eigenvalue weighted by atomic mass is 35.5. The molecule has 0 radical (unpaired) electrons. The van der Waals surface area contributed by atoms with Crippen molar-refractivity contribution in [2.45, 2.75) is 13.3 Å². The second-order valence-electron chi connectivity index (χ2n) is 10.4. The van der Waals surface area contributed by atoms with Crippen LogP contribution in [0.4, 0.5) is 5.69 Å². The Morgan fingerprint density at radius 3 is 2.50 bits per heavy atom. The quantitative estimate of drug-likeness (QED) is 0.129. The summed E-state index contributed by atoms with van der Waals surface area (Å²) in [5.41, 5.74) is 2.07. The van der Waals surface area contributed by atoms with Crippen LogP contribution in [0.25, 0.3) is 22.2 Å². The van der Waals surface area contributed by atoms with Crippen molar-refractivity contribution in [3.8, 4) is 17.0 Å². The first-order chi connectivity index (χ1) is 20.2. The number of anilines is 1. The zero-order chi connectivity index (χ0) is 29.5. The number of phenols is 1. The highest BCUT2D eigenvalue weighted by Gasteiger charge is 2.50. The van der Waals surface area contributed by atoms with Crippen LogP contribution in [0.1, 0.15) is 34.1 Å². The van der Waals surface area contributed by atoms with E-state index in [2.05, 4.69) is 4.98 Å². The first kappa shape index (κ1) is 27.4. The maximum absolute atomic E-state index is 13.2. The number of hydrogen-bond donors (Lipinski definition) is 1. The number of rotatable bonds is 6. The van der Waals surface area contributed by atoms with Crippen molar-refractivity contribution in [2.24, 2.45) is 17.8 Å². The monoisotopic (exact) mass is 580 g/mol. The van der Waals surface area contributed by atoms with E-state index in [1.165, 1.54) is 17.0 Å². The molecule has 1 aromatic heterocycles. The number of carbonyl (C=O) groups is 4. The third-order valence-electron chi connectivity index (χ3n) is 7.84. The van der Waals surface area contributed by atoms with E-state index in [1.54, 1.807) is 60.7 Å². The molecule has 2 heterocycles. The Balaban J connectivity index is 1.30. The van der Waals surface area contributed by atoms with E-state index in [0.29, 0.717) is 39.3 Å². The fourth-order valence-corrected chi connectivity index (χ4v) is 5.93.